The summed E-state index contributed by atoms with van der Waals surface area (Å²) < 4.78 is 4.65. The highest BCUT2D eigenvalue weighted by molar-refractivity contribution is 5.94. The summed E-state index contributed by atoms with van der Waals surface area (Å²) in [7, 11) is 0. The first-order chi connectivity index (χ1) is 10.1. The molecule has 1 saturated heterocycles. The zero-order chi connectivity index (χ0) is 14.9. The Morgan fingerprint density at radius 3 is 2.38 bits per heavy atom. The first kappa shape index (κ1) is 14.1. The topological polar surface area (TPSA) is 83.6 Å². The molecule has 2 fully saturated rings. The van der Waals surface area contributed by atoms with Crippen molar-refractivity contribution in [3.05, 3.63) is 17.5 Å². The molecule has 2 heterocycles. The van der Waals surface area contributed by atoms with Gasteiger partial charge in [-0.2, -0.15) is 0 Å². The molecule has 0 bridgehead atoms. The minimum Gasteiger partial charge on any atom is -0.475 e. The van der Waals surface area contributed by atoms with Gasteiger partial charge in [-0.25, -0.2) is 4.79 Å². The quantitative estimate of drug-likeness (QED) is 0.905. The maximum absolute atomic E-state index is 12.3. The van der Waals surface area contributed by atoms with Crippen LogP contribution in [0.1, 0.15) is 66.0 Å². The molecule has 2 aliphatic rings. The van der Waals surface area contributed by atoms with E-state index in [9.17, 15) is 9.59 Å². The number of amides is 1. The van der Waals surface area contributed by atoms with Gasteiger partial charge in [0.15, 0.2) is 5.69 Å². The fraction of sp³-hybridized carbons (Fsp3) is 0.667. The highest BCUT2D eigenvalue weighted by Crippen LogP contribution is 2.44. The third-order valence-electron chi connectivity index (χ3n) is 4.97. The van der Waals surface area contributed by atoms with Gasteiger partial charge in [-0.1, -0.05) is 24.4 Å². The maximum Gasteiger partial charge on any atom is 0.374 e. The van der Waals surface area contributed by atoms with Crippen molar-refractivity contribution in [2.45, 2.75) is 44.9 Å². The smallest absolute Gasteiger partial charge is 0.374 e. The van der Waals surface area contributed by atoms with Gasteiger partial charge in [0.05, 0.1) is 0 Å². The summed E-state index contributed by atoms with van der Waals surface area (Å²) in [6.45, 7) is 1.46. The minimum absolute atomic E-state index is 0.0898. The summed E-state index contributed by atoms with van der Waals surface area (Å²) in [5.41, 5.74) is 0.525. The second-order valence-electron chi connectivity index (χ2n) is 6.23. The number of carbonyl (C=O) groups is 2. The van der Waals surface area contributed by atoms with Crippen molar-refractivity contribution in [2.24, 2.45) is 5.41 Å². The standard InChI is InChI=1S/C15H20N2O4/c18-13(11-10-12(14(19)20)21-16-11)17-8-6-15(7-9-17)4-2-1-3-5-15/h10H,1-9H2,(H,19,20). The Labute approximate surface area is 123 Å². The van der Waals surface area contributed by atoms with Gasteiger partial charge in [-0.3, -0.25) is 4.79 Å². The molecule has 1 spiro atoms. The van der Waals surface area contributed by atoms with Crippen LogP contribution in [0.4, 0.5) is 0 Å². The van der Waals surface area contributed by atoms with Crippen molar-refractivity contribution in [2.75, 3.05) is 13.1 Å². The summed E-state index contributed by atoms with van der Waals surface area (Å²) in [6, 6.07) is 1.20. The number of carboxylic acids is 1. The molecule has 21 heavy (non-hydrogen) atoms. The lowest BCUT2D eigenvalue weighted by Crippen LogP contribution is -2.44. The first-order valence-corrected chi connectivity index (χ1v) is 7.59. The molecule has 114 valence electrons. The second-order valence-corrected chi connectivity index (χ2v) is 6.23. The van der Waals surface area contributed by atoms with Crippen LogP contribution in [0.5, 0.6) is 0 Å². The van der Waals surface area contributed by atoms with E-state index in [-0.39, 0.29) is 17.4 Å². The third-order valence-corrected chi connectivity index (χ3v) is 4.97. The fourth-order valence-corrected chi connectivity index (χ4v) is 3.62. The highest BCUT2D eigenvalue weighted by atomic mass is 16.5. The molecule has 1 aliphatic carbocycles. The predicted octanol–water partition coefficient (Wildman–Crippen LogP) is 2.56. The summed E-state index contributed by atoms with van der Waals surface area (Å²) in [5, 5.41) is 12.4. The van der Waals surface area contributed by atoms with E-state index < -0.39 is 5.97 Å². The predicted molar refractivity (Wildman–Crippen MR) is 74.1 cm³/mol. The average Bonchev–Trinajstić information content (AvgIpc) is 2.98. The van der Waals surface area contributed by atoms with E-state index in [1.807, 2.05) is 0 Å². The van der Waals surface area contributed by atoms with Crippen molar-refractivity contribution >= 4 is 11.9 Å². The number of hydrogen-bond donors (Lipinski definition) is 1. The summed E-state index contributed by atoms with van der Waals surface area (Å²) in [6.07, 6.45) is 8.59. The number of carbonyl (C=O) groups excluding carboxylic acids is 1. The molecule has 1 aromatic rings. The molecule has 1 amide bonds. The number of nitrogens with zero attached hydrogens (tertiary/aromatic N) is 2. The van der Waals surface area contributed by atoms with E-state index >= 15 is 0 Å². The van der Waals surface area contributed by atoms with Gasteiger partial charge in [0.1, 0.15) is 0 Å². The van der Waals surface area contributed by atoms with E-state index in [0.717, 1.165) is 25.9 Å². The van der Waals surface area contributed by atoms with Crippen molar-refractivity contribution < 1.29 is 19.2 Å². The van der Waals surface area contributed by atoms with E-state index in [4.69, 9.17) is 5.11 Å². The molecule has 0 atom stereocenters. The Balaban J connectivity index is 1.63. The van der Waals surface area contributed by atoms with Crippen LogP contribution in [0.2, 0.25) is 0 Å². The Morgan fingerprint density at radius 1 is 1.14 bits per heavy atom. The molecule has 1 aliphatic heterocycles. The number of hydrogen-bond acceptors (Lipinski definition) is 4. The van der Waals surface area contributed by atoms with E-state index in [2.05, 4.69) is 9.68 Å². The van der Waals surface area contributed by atoms with Gasteiger partial charge in [0, 0.05) is 19.2 Å². The van der Waals surface area contributed by atoms with Gasteiger partial charge < -0.3 is 14.5 Å². The number of aromatic nitrogens is 1. The molecular formula is C15H20N2O4. The molecule has 6 heteroatoms. The monoisotopic (exact) mass is 292 g/mol. The van der Waals surface area contributed by atoms with Crippen molar-refractivity contribution in [1.29, 1.82) is 0 Å². The number of rotatable bonds is 2. The van der Waals surface area contributed by atoms with Gasteiger partial charge in [-0.05, 0) is 31.1 Å². The Hall–Kier alpha value is -1.85. The number of aromatic carboxylic acids is 1. The van der Waals surface area contributed by atoms with Crippen LogP contribution >= 0.6 is 0 Å². The van der Waals surface area contributed by atoms with Crippen LogP contribution < -0.4 is 0 Å². The molecule has 6 nitrogen and oxygen atoms in total. The van der Waals surface area contributed by atoms with Crippen molar-refractivity contribution in [3.8, 4) is 0 Å². The van der Waals surface area contributed by atoms with E-state index in [1.54, 1.807) is 4.90 Å². The zero-order valence-corrected chi connectivity index (χ0v) is 12.0. The molecule has 1 aromatic heterocycles. The first-order valence-electron chi connectivity index (χ1n) is 7.59. The van der Waals surface area contributed by atoms with Gasteiger partial charge in [0.25, 0.3) is 5.91 Å². The Bertz CT molecular complexity index is 536. The molecule has 1 N–H and O–H groups in total. The molecule has 0 radical (unpaired) electrons. The second kappa shape index (κ2) is 5.50. The average molecular weight is 292 g/mol. The lowest BCUT2D eigenvalue weighted by Gasteiger charge is -2.44. The van der Waals surface area contributed by atoms with Crippen LogP contribution in [0, 0.1) is 5.41 Å². The van der Waals surface area contributed by atoms with Crippen LogP contribution in [0.25, 0.3) is 0 Å². The summed E-state index contributed by atoms with van der Waals surface area (Å²) in [4.78, 5) is 24.8. The Morgan fingerprint density at radius 2 is 1.81 bits per heavy atom. The minimum atomic E-state index is -1.21. The SMILES string of the molecule is O=C(O)c1cc(C(=O)N2CCC3(CCCCC3)CC2)no1. The van der Waals surface area contributed by atoms with Gasteiger partial charge in [-0.15, -0.1) is 0 Å². The van der Waals surface area contributed by atoms with Gasteiger partial charge >= 0.3 is 5.97 Å². The van der Waals surface area contributed by atoms with E-state index in [0.29, 0.717) is 5.41 Å². The molecular weight excluding hydrogens is 272 g/mol. The van der Waals surface area contributed by atoms with Crippen molar-refractivity contribution in [3.63, 3.8) is 0 Å². The zero-order valence-electron chi connectivity index (χ0n) is 12.0. The largest absolute Gasteiger partial charge is 0.475 e. The van der Waals surface area contributed by atoms with Crippen LogP contribution in [-0.2, 0) is 0 Å². The van der Waals surface area contributed by atoms with Crippen LogP contribution in [0.15, 0.2) is 10.6 Å². The highest BCUT2D eigenvalue weighted by Gasteiger charge is 2.37. The normalized spacial score (nSPS) is 21.4. The molecule has 0 aromatic carbocycles. The number of piperidine rings is 1. The third kappa shape index (κ3) is 2.80. The summed E-state index contributed by atoms with van der Waals surface area (Å²) >= 11 is 0. The number of likely N-dealkylation sites (tertiary alicyclic amines) is 1. The molecule has 1 saturated carbocycles. The lowest BCUT2D eigenvalue weighted by atomic mass is 9.68. The lowest BCUT2D eigenvalue weighted by molar-refractivity contribution is 0.0462. The molecule has 3 rings (SSSR count). The van der Waals surface area contributed by atoms with Crippen molar-refractivity contribution in [1.82, 2.24) is 10.1 Å². The summed E-state index contributed by atoms with van der Waals surface area (Å²) in [5.74, 6) is -1.72. The Kier molecular flexibility index (Phi) is 3.69. The maximum atomic E-state index is 12.3. The fourth-order valence-electron chi connectivity index (χ4n) is 3.62. The number of carboxylic acid groups (broad SMARTS) is 1. The van der Waals surface area contributed by atoms with Crippen LogP contribution in [-0.4, -0.2) is 40.1 Å². The van der Waals surface area contributed by atoms with E-state index in [1.165, 1.54) is 38.2 Å². The molecule has 0 unspecified atom stereocenters. The van der Waals surface area contributed by atoms with Crippen LogP contribution in [0.3, 0.4) is 0 Å². The van der Waals surface area contributed by atoms with Gasteiger partial charge in [0.2, 0.25) is 5.76 Å².